The molecule has 3 aromatic rings. The van der Waals surface area contributed by atoms with Gasteiger partial charge >= 0.3 is 0 Å². The van der Waals surface area contributed by atoms with Crippen LogP contribution in [0, 0.1) is 10.1 Å². The number of aromatic nitrogens is 1. The van der Waals surface area contributed by atoms with E-state index >= 15 is 0 Å². The van der Waals surface area contributed by atoms with Gasteiger partial charge in [0.25, 0.3) is 5.69 Å². The van der Waals surface area contributed by atoms with E-state index in [1.165, 1.54) is 0 Å². The van der Waals surface area contributed by atoms with Crippen molar-refractivity contribution in [3.63, 3.8) is 0 Å². The zero-order valence-electron chi connectivity index (χ0n) is 16.2. The second kappa shape index (κ2) is 8.32. The minimum atomic E-state index is -0.377. The Morgan fingerprint density at radius 3 is 2.52 bits per heavy atom. The molecule has 4 rings (SSSR count). The second-order valence-electron chi connectivity index (χ2n) is 6.92. The first-order valence-electron chi connectivity index (χ1n) is 9.45. The highest BCUT2D eigenvalue weighted by Crippen LogP contribution is 2.29. The fourth-order valence-electron chi connectivity index (χ4n) is 3.54. The maximum absolute atomic E-state index is 10.8. The van der Waals surface area contributed by atoms with Gasteiger partial charge in [-0.05, 0) is 24.3 Å². The molecule has 2 heterocycles. The summed E-state index contributed by atoms with van der Waals surface area (Å²) < 4.78 is 10.9. The number of rotatable bonds is 6. The van der Waals surface area contributed by atoms with Gasteiger partial charge in [-0.1, -0.05) is 17.3 Å². The highest BCUT2D eigenvalue weighted by Gasteiger charge is 2.20. The Morgan fingerprint density at radius 1 is 1.10 bits per heavy atom. The Kier molecular flexibility index (Phi) is 5.44. The normalized spacial score (nSPS) is 14.7. The van der Waals surface area contributed by atoms with Crippen molar-refractivity contribution in [1.82, 2.24) is 10.1 Å². The average molecular weight is 394 g/mol. The molecule has 1 aliphatic rings. The first kappa shape index (κ1) is 18.9. The number of nitro benzene ring substituents is 1. The summed E-state index contributed by atoms with van der Waals surface area (Å²) in [6, 6.07) is 16.4. The number of non-ortho nitro benzene ring substituents is 1. The lowest BCUT2D eigenvalue weighted by molar-refractivity contribution is -0.384. The number of hydrogen-bond donors (Lipinski definition) is 0. The van der Waals surface area contributed by atoms with Gasteiger partial charge in [0.05, 0.1) is 18.6 Å². The smallest absolute Gasteiger partial charge is 0.269 e. The van der Waals surface area contributed by atoms with Gasteiger partial charge in [-0.3, -0.25) is 15.0 Å². The fourth-order valence-corrected chi connectivity index (χ4v) is 3.54. The van der Waals surface area contributed by atoms with E-state index in [9.17, 15) is 10.1 Å². The Labute approximate surface area is 168 Å². The number of anilines is 1. The van der Waals surface area contributed by atoms with Gasteiger partial charge in [-0.2, -0.15) is 0 Å². The summed E-state index contributed by atoms with van der Waals surface area (Å²) in [6.07, 6.45) is 0. The summed E-state index contributed by atoms with van der Waals surface area (Å²) in [5.41, 5.74) is 2.80. The molecule has 1 aliphatic heterocycles. The third-order valence-corrected chi connectivity index (χ3v) is 5.12. The van der Waals surface area contributed by atoms with E-state index in [2.05, 4.69) is 15.0 Å². The second-order valence-corrected chi connectivity index (χ2v) is 6.92. The largest absolute Gasteiger partial charge is 0.496 e. The number of nitrogens with zero attached hydrogens (tertiary/aromatic N) is 4. The Hall–Kier alpha value is -3.39. The van der Waals surface area contributed by atoms with Gasteiger partial charge in [-0.25, -0.2) is 0 Å². The molecule has 0 atom stereocenters. The highest BCUT2D eigenvalue weighted by atomic mass is 16.6. The van der Waals surface area contributed by atoms with Gasteiger partial charge in [0.15, 0.2) is 5.76 Å². The van der Waals surface area contributed by atoms with Crippen molar-refractivity contribution in [3.05, 3.63) is 70.5 Å². The van der Waals surface area contributed by atoms with Crippen molar-refractivity contribution in [2.75, 3.05) is 38.2 Å². The third-order valence-electron chi connectivity index (χ3n) is 5.12. The molecule has 29 heavy (non-hydrogen) atoms. The zero-order valence-corrected chi connectivity index (χ0v) is 16.2. The SMILES string of the molecule is COc1ccccc1-c1cc(CN2CCN(c3ccc([N+](=O)[O-])cc3)CC2)on1. The van der Waals surface area contributed by atoms with Gasteiger partial charge in [0.1, 0.15) is 11.4 Å². The summed E-state index contributed by atoms with van der Waals surface area (Å²) in [5.74, 6) is 1.58. The molecule has 0 unspecified atom stereocenters. The Bertz CT molecular complexity index is 978. The molecule has 1 aromatic heterocycles. The van der Waals surface area contributed by atoms with E-state index in [0.29, 0.717) is 6.54 Å². The molecule has 1 saturated heterocycles. The van der Waals surface area contributed by atoms with E-state index in [0.717, 1.165) is 54.6 Å². The van der Waals surface area contributed by atoms with Crippen LogP contribution < -0.4 is 9.64 Å². The lowest BCUT2D eigenvalue weighted by Gasteiger charge is -2.35. The highest BCUT2D eigenvalue weighted by molar-refractivity contribution is 5.66. The van der Waals surface area contributed by atoms with E-state index in [1.807, 2.05) is 42.5 Å². The van der Waals surface area contributed by atoms with Crippen LogP contribution in [-0.4, -0.2) is 48.3 Å². The molecule has 0 radical (unpaired) electrons. The van der Waals surface area contributed by atoms with Gasteiger partial charge in [0, 0.05) is 55.6 Å². The molecule has 0 bridgehead atoms. The van der Waals surface area contributed by atoms with Gasteiger partial charge in [0.2, 0.25) is 0 Å². The van der Waals surface area contributed by atoms with Crippen LogP contribution in [-0.2, 0) is 6.54 Å². The van der Waals surface area contributed by atoms with E-state index < -0.39 is 0 Å². The van der Waals surface area contributed by atoms with Crippen LogP contribution in [0.15, 0.2) is 59.1 Å². The predicted molar refractivity (Wildman–Crippen MR) is 109 cm³/mol. The fraction of sp³-hybridized carbons (Fsp3) is 0.286. The zero-order chi connectivity index (χ0) is 20.2. The van der Waals surface area contributed by atoms with Gasteiger partial charge < -0.3 is 14.2 Å². The first-order valence-corrected chi connectivity index (χ1v) is 9.45. The van der Waals surface area contributed by atoms with Crippen LogP contribution in [0.2, 0.25) is 0 Å². The van der Waals surface area contributed by atoms with Crippen LogP contribution in [0.3, 0.4) is 0 Å². The Morgan fingerprint density at radius 2 is 1.83 bits per heavy atom. The summed E-state index contributed by atoms with van der Waals surface area (Å²) in [5, 5.41) is 15.0. The van der Waals surface area contributed by atoms with E-state index in [1.54, 1.807) is 19.2 Å². The van der Waals surface area contributed by atoms with Crippen LogP contribution in [0.1, 0.15) is 5.76 Å². The number of para-hydroxylation sites is 1. The van der Waals surface area contributed by atoms with Crippen molar-refractivity contribution in [2.45, 2.75) is 6.54 Å². The number of nitro groups is 1. The molecular formula is C21H22N4O4. The molecule has 0 N–H and O–H groups in total. The van der Waals surface area contributed by atoms with E-state index in [4.69, 9.17) is 9.26 Å². The standard InChI is InChI=1S/C21H22N4O4/c1-28-21-5-3-2-4-19(21)20-14-18(29-22-20)15-23-10-12-24(13-11-23)16-6-8-17(9-7-16)25(26)27/h2-9,14H,10-13,15H2,1H3. The van der Waals surface area contributed by atoms with Crippen LogP contribution >= 0.6 is 0 Å². The number of benzene rings is 2. The average Bonchev–Trinajstić information content (AvgIpc) is 3.22. The van der Waals surface area contributed by atoms with Crippen molar-refractivity contribution >= 4 is 11.4 Å². The summed E-state index contributed by atoms with van der Waals surface area (Å²) in [4.78, 5) is 15.0. The van der Waals surface area contributed by atoms with E-state index in [-0.39, 0.29) is 10.6 Å². The monoisotopic (exact) mass is 394 g/mol. The van der Waals surface area contributed by atoms with Crippen molar-refractivity contribution in [3.8, 4) is 17.0 Å². The maximum Gasteiger partial charge on any atom is 0.269 e. The van der Waals surface area contributed by atoms with Crippen LogP contribution in [0.5, 0.6) is 5.75 Å². The molecule has 8 heteroatoms. The predicted octanol–water partition coefficient (Wildman–Crippen LogP) is 3.58. The molecule has 150 valence electrons. The number of ether oxygens (including phenoxy) is 1. The molecule has 1 fully saturated rings. The van der Waals surface area contributed by atoms with Gasteiger partial charge in [-0.15, -0.1) is 0 Å². The summed E-state index contributed by atoms with van der Waals surface area (Å²) >= 11 is 0. The first-order chi connectivity index (χ1) is 14.1. The lowest BCUT2D eigenvalue weighted by atomic mass is 10.1. The third kappa shape index (κ3) is 4.22. The summed E-state index contributed by atoms with van der Waals surface area (Å²) in [7, 11) is 1.64. The summed E-state index contributed by atoms with van der Waals surface area (Å²) in [6.45, 7) is 4.15. The number of piperazine rings is 1. The van der Waals surface area contributed by atoms with Crippen molar-refractivity contribution in [2.24, 2.45) is 0 Å². The molecular weight excluding hydrogens is 372 g/mol. The number of methoxy groups -OCH3 is 1. The topological polar surface area (TPSA) is 84.9 Å². The molecule has 8 nitrogen and oxygen atoms in total. The molecule has 0 amide bonds. The minimum absolute atomic E-state index is 0.114. The number of hydrogen-bond acceptors (Lipinski definition) is 7. The Balaban J connectivity index is 1.35. The molecule has 0 saturated carbocycles. The van der Waals surface area contributed by atoms with Crippen molar-refractivity contribution in [1.29, 1.82) is 0 Å². The molecule has 2 aromatic carbocycles. The molecule has 0 aliphatic carbocycles. The van der Waals surface area contributed by atoms with Crippen molar-refractivity contribution < 1.29 is 14.2 Å². The minimum Gasteiger partial charge on any atom is -0.496 e. The van der Waals surface area contributed by atoms with Crippen LogP contribution in [0.25, 0.3) is 11.3 Å². The maximum atomic E-state index is 10.8. The quantitative estimate of drug-likeness (QED) is 0.467. The van der Waals surface area contributed by atoms with Crippen LogP contribution in [0.4, 0.5) is 11.4 Å². The lowest BCUT2D eigenvalue weighted by Crippen LogP contribution is -2.45. The molecule has 0 spiro atoms.